The monoisotopic (exact) mass is 420 g/mol. The van der Waals surface area contributed by atoms with Crippen LogP contribution in [0.3, 0.4) is 0 Å². The maximum atomic E-state index is 13.1. The van der Waals surface area contributed by atoms with Crippen molar-refractivity contribution in [2.45, 2.75) is 31.4 Å². The number of carbonyl (C=O) groups is 1. The summed E-state index contributed by atoms with van der Waals surface area (Å²) in [6.07, 6.45) is 0.350. The Morgan fingerprint density at radius 3 is 2.94 bits per heavy atom. The lowest BCUT2D eigenvalue weighted by atomic mass is 9.98. The van der Waals surface area contributed by atoms with E-state index in [1.54, 1.807) is 43.3 Å². The fraction of sp³-hybridized carbons (Fsp3) is 0.348. The third kappa shape index (κ3) is 4.68. The van der Waals surface area contributed by atoms with Crippen LogP contribution in [-0.2, 0) is 4.79 Å². The zero-order valence-electron chi connectivity index (χ0n) is 17.2. The fourth-order valence-electron chi connectivity index (χ4n) is 3.98. The summed E-state index contributed by atoms with van der Waals surface area (Å²) < 4.78 is 5.03. The van der Waals surface area contributed by atoms with Crippen LogP contribution >= 0.6 is 0 Å². The van der Waals surface area contributed by atoms with Gasteiger partial charge in [0.25, 0.3) is 0 Å². The van der Waals surface area contributed by atoms with Crippen molar-refractivity contribution in [3.8, 4) is 6.07 Å². The van der Waals surface area contributed by atoms with Gasteiger partial charge in [-0.3, -0.25) is 14.7 Å². The fourth-order valence-corrected chi connectivity index (χ4v) is 3.98. The molecule has 0 aliphatic carbocycles. The second kappa shape index (κ2) is 8.76. The summed E-state index contributed by atoms with van der Waals surface area (Å²) >= 11 is 0. The number of nitrogens with zero attached hydrogens (tertiary/aromatic N) is 2. The second-order valence-electron chi connectivity index (χ2n) is 7.99. The van der Waals surface area contributed by atoms with E-state index >= 15 is 0 Å². The summed E-state index contributed by atoms with van der Waals surface area (Å²) in [4.78, 5) is 29.2. The number of aliphatic hydroxyl groups is 1. The van der Waals surface area contributed by atoms with E-state index in [4.69, 9.17) is 4.42 Å². The Hall–Kier alpha value is -3.41. The zero-order valence-corrected chi connectivity index (χ0v) is 17.2. The van der Waals surface area contributed by atoms with Crippen molar-refractivity contribution < 1.29 is 14.3 Å². The Bertz CT molecular complexity index is 1190. The quantitative estimate of drug-likeness (QED) is 0.561. The van der Waals surface area contributed by atoms with Crippen molar-refractivity contribution in [2.24, 2.45) is 0 Å². The number of oxazole rings is 1. The summed E-state index contributed by atoms with van der Waals surface area (Å²) in [7, 11) is 0. The van der Waals surface area contributed by atoms with Gasteiger partial charge in [-0.1, -0.05) is 18.2 Å². The molecule has 3 atom stereocenters. The van der Waals surface area contributed by atoms with E-state index < -0.39 is 11.7 Å². The topological polar surface area (TPSA) is 122 Å². The van der Waals surface area contributed by atoms with Crippen molar-refractivity contribution >= 4 is 17.0 Å². The van der Waals surface area contributed by atoms with Crippen molar-refractivity contribution in [2.75, 3.05) is 19.6 Å². The number of likely N-dealkylation sites (tertiary alicyclic amines) is 1. The molecule has 2 heterocycles. The van der Waals surface area contributed by atoms with E-state index in [-0.39, 0.29) is 18.1 Å². The van der Waals surface area contributed by atoms with E-state index in [1.807, 2.05) is 6.07 Å². The molecule has 8 nitrogen and oxygen atoms in total. The molecule has 2 unspecified atom stereocenters. The molecule has 1 aromatic heterocycles. The maximum Gasteiger partial charge on any atom is 0.417 e. The number of nitriles is 1. The molecule has 0 spiro atoms. The molecule has 160 valence electrons. The molecule has 3 aromatic rings. The second-order valence-corrected chi connectivity index (χ2v) is 7.99. The smallest absolute Gasteiger partial charge is 0.408 e. The number of aromatic amines is 1. The Morgan fingerprint density at radius 2 is 2.19 bits per heavy atom. The van der Waals surface area contributed by atoms with Crippen LogP contribution in [0.25, 0.3) is 11.1 Å². The van der Waals surface area contributed by atoms with Gasteiger partial charge in [0.1, 0.15) is 0 Å². The largest absolute Gasteiger partial charge is 0.417 e. The highest BCUT2D eigenvalue weighted by molar-refractivity contribution is 5.85. The van der Waals surface area contributed by atoms with Crippen LogP contribution in [0.4, 0.5) is 0 Å². The number of aromatic nitrogens is 1. The van der Waals surface area contributed by atoms with Gasteiger partial charge in [-0.05, 0) is 48.7 Å². The first-order valence-electron chi connectivity index (χ1n) is 10.3. The average molecular weight is 420 g/mol. The van der Waals surface area contributed by atoms with E-state index in [0.29, 0.717) is 36.2 Å². The minimum atomic E-state index is -0.533. The van der Waals surface area contributed by atoms with Gasteiger partial charge >= 0.3 is 5.76 Å². The van der Waals surface area contributed by atoms with Gasteiger partial charge < -0.3 is 14.8 Å². The molecule has 0 bridgehead atoms. The molecule has 1 aliphatic rings. The van der Waals surface area contributed by atoms with Gasteiger partial charge in [-0.15, -0.1) is 0 Å². The summed E-state index contributed by atoms with van der Waals surface area (Å²) in [5, 5.41) is 22.2. The first-order chi connectivity index (χ1) is 14.9. The average Bonchev–Trinajstić information content (AvgIpc) is 3.35. The SMILES string of the molecule is CC(C(=O)NC(CN1CC[C@H](O)C1)c1cccc(C#N)c1)c1ccc2oc(=O)[nH]c2c1. The molecule has 31 heavy (non-hydrogen) atoms. The Kier molecular flexibility index (Phi) is 5.89. The van der Waals surface area contributed by atoms with Crippen molar-refractivity contribution in [3.63, 3.8) is 0 Å². The first kappa shape index (κ1) is 20.8. The number of rotatable bonds is 6. The molecule has 8 heteroatoms. The van der Waals surface area contributed by atoms with Crippen LogP contribution in [0.5, 0.6) is 0 Å². The highest BCUT2D eigenvalue weighted by atomic mass is 16.4. The van der Waals surface area contributed by atoms with Crippen LogP contribution in [0.15, 0.2) is 51.7 Å². The van der Waals surface area contributed by atoms with E-state index in [2.05, 4.69) is 21.3 Å². The van der Waals surface area contributed by atoms with Crippen LogP contribution < -0.4 is 11.1 Å². The van der Waals surface area contributed by atoms with Crippen LogP contribution in [-0.4, -0.2) is 46.6 Å². The molecule has 3 N–H and O–H groups in total. The Balaban J connectivity index is 1.55. The highest BCUT2D eigenvalue weighted by Gasteiger charge is 2.26. The maximum absolute atomic E-state index is 13.1. The number of fused-ring (bicyclic) bond motifs is 1. The summed E-state index contributed by atoms with van der Waals surface area (Å²) in [5.41, 5.74) is 3.12. The standard InChI is InChI=1S/C23H24N4O4/c1-14(16-5-6-21-19(10-16)26-23(30)31-21)22(29)25-20(13-27-8-7-18(28)12-27)17-4-2-3-15(9-17)11-24/h2-6,9-10,14,18,20,28H,7-8,12-13H2,1H3,(H,25,29)(H,26,30)/t14?,18-,20?/m0/s1. The van der Waals surface area contributed by atoms with Gasteiger partial charge in [0, 0.05) is 19.6 Å². The van der Waals surface area contributed by atoms with Crippen LogP contribution in [0.1, 0.15) is 42.0 Å². The molecule has 4 rings (SSSR count). The third-order valence-corrected chi connectivity index (χ3v) is 5.76. The van der Waals surface area contributed by atoms with E-state index in [9.17, 15) is 20.0 Å². The molecule has 1 saturated heterocycles. The van der Waals surface area contributed by atoms with Gasteiger partial charge in [0.15, 0.2) is 5.58 Å². The van der Waals surface area contributed by atoms with Crippen LogP contribution in [0.2, 0.25) is 0 Å². The Labute approximate surface area is 179 Å². The normalized spacial score (nSPS) is 18.5. The number of benzene rings is 2. The first-order valence-corrected chi connectivity index (χ1v) is 10.3. The lowest BCUT2D eigenvalue weighted by molar-refractivity contribution is -0.123. The predicted octanol–water partition coefficient (Wildman–Crippen LogP) is 2.02. The van der Waals surface area contributed by atoms with Gasteiger partial charge in [-0.2, -0.15) is 5.26 Å². The molecule has 1 aliphatic heterocycles. The lowest BCUT2D eigenvalue weighted by Gasteiger charge is -2.26. The lowest BCUT2D eigenvalue weighted by Crippen LogP contribution is -2.39. The van der Waals surface area contributed by atoms with Crippen molar-refractivity contribution in [3.05, 3.63) is 69.7 Å². The summed E-state index contributed by atoms with van der Waals surface area (Å²) in [5.74, 6) is -1.17. The minimum Gasteiger partial charge on any atom is -0.408 e. The van der Waals surface area contributed by atoms with Gasteiger partial charge in [-0.25, -0.2) is 4.79 Å². The van der Waals surface area contributed by atoms with Crippen molar-refractivity contribution in [1.82, 2.24) is 15.2 Å². The van der Waals surface area contributed by atoms with E-state index in [1.165, 1.54) is 0 Å². The number of nitrogens with one attached hydrogen (secondary N) is 2. The number of hydrogen-bond donors (Lipinski definition) is 3. The van der Waals surface area contributed by atoms with Gasteiger partial charge in [0.2, 0.25) is 5.91 Å². The molecule has 1 amide bonds. The molecule has 2 aromatic carbocycles. The number of β-amino-alcohol motifs (C(OH)–C–C–N with tert-alkyl or cyclic N) is 1. The zero-order chi connectivity index (χ0) is 22.0. The highest BCUT2D eigenvalue weighted by Crippen LogP contribution is 2.23. The molecule has 1 fully saturated rings. The van der Waals surface area contributed by atoms with Gasteiger partial charge in [0.05, 0.1) is 35.2 Å². The number of carbonyl (C=O) groups excluding carboxylic acids is 1. The van der Waals surface area contributed by atoms with Crippen LogP contribution in [0, 0.1) is 11.3 Å². The summed E-state index contributed by atoms with van der Waals surface area (Å²) in [6.45, 7) is 3.66. The minimum absolute atomic E-state index is 0.169. The molecule has 0 saturated carbocycles. The molecule has 0 radical (unpaired) electrons. The summed E-state index contributed by atoms with van der Waals surface area (Å²) in [6, 6.07) is 14.2. The number of amides is 1. The molecular weight excluding hydrogens is 396 g/mol. The van der Waals surface area contributed by atoms with Crippen molar-refractivity contribution in [1.29, 1.82) is 5.26 Å². The third-order valence-electron chi connectivity index (χ3n) is 5.76. The van der Waals surface area contributed by atoms with E-state index in [0.717, 1.165) is 17.7 Å². The Morgan fingerprint density at radius 1 is 1.35 bits per heavy atom. The number of H-pyrrole nitrogens is 1. The molecular formula is C23H24N4O4. The number of aliphatic hydroxyl groups excluding tert-OH is 1. The number of hydrogen-bond acceptors (Lipinski definition) is 6. The predicted molar refractivity (Wildman–Crippen MR) is 114 cm³/mol.